The maximum atomic E-state index is 13.4. The van der Waals surface area contributed by atoms with E-state index in [9.17, 15) is 36.2 Å². The minimum atomic E-state index is -6.08. The molecule has 0 aliphatic carbocycles. The standard InChI is InChI=1S/C21H20F6O3/c1-12-5-7-13(8-6-12)14-9-15(17(28)30-18(2,3)4)11-16(10-14)19(29,20(22,23)24)21(25,26)27/h5-11,29H,1-4H3. The van der Waals surface area contributed by atoms with Crippen molar-refractivity contribution >= 4 is 5.97 Å². The van der Waals surface area contributed by atoms with E-state index in [0.717, 1.165) is 11.6 Å². The second kappa shape index (κ2) is 7.61. The van der Waals surface area contributed by atoms with Crippen molar-refractivity contribution in [3.63, 3.8) is 0 Å². The number of alkyl halides is 6. The van der Waals surface area contributed by atoms with E-state index >= 15 is 0 Å². The van der Waals surface area contributed by atoms with Gasteiger partial charge < -0.3 is 9.84 Å². The van der Waals surface area contributed by atoms with Crippen LogP contribution in [0.15, 0.2) is 42.5 Å². The van der Waals surface area contributed by atoms with Gasteiger partial charge in [-0.2, -0.15) is 26.3 Å². The Morgan fingerprint density at radius 2 is 1.33 bits per heavy atom. The van der Waals surface area contributed by atoms with Gasteiger partial charge in [-0.05, 0) is 57.0 Å². The summed E-state index contributed by atoms with van der Waals surface area (Å²) in [5.41, 5.74) is -7.33. The zero-order valence-corrected chi connectivity index (χ0v) is 16.6. The zero-order chi connectivity index (χ0) is 23.1. The van der Waals surface area contributed by atoms with Crippen molar-refractivity contribution in [3.8, 4) is 11.1 Å². The van der Waals surface area contributed by atoms with Gasteiger partial charge in [-0.25, -0.2) is 4.79 Å². The summed E-state index contributed by atoms with van der Waals surface area (Å²) in [5.74, 6) is -1.12. The first-order chi connectivity index (χ1) is 13.5. The Morgan fingerprint density at radius 3 is 1.77 bits per heavy atom. The summed E-state index contributed by atoms with van der Waals surface area (Å²) in [6.45, 7) is 6.24. The fourth-order valence-corrected chi connectivity index (χ4v) is 2.69. The summed E-state index contributed by atoms with van der Waals surface area (Å²) in [5, 5.41) is 9.81. The molecule has 0 aromatic heterocycles. The smallest absolute Gasteiger partial charge is 0.430 e. The van der Waals surface area contributed by atoms with Gasteiger partial charge in [-0.1, -0.05) is 29.8 Å². The van der Waals surface area contributed by atoms with Crippen LogP contribution in [0.5, 0.6) is 0 Å². The molecule has 0 unspecified atom stereocenters. The van der Waals surface area contributed by atoms with Crippen molar-refractivity contribution in [2.24, 2.45) is 0 Å². The Balaban J connectivity index is 2.79. The molecule has 0 aliphatic rings. The van der Waals surface area contributed by atoms with Gasteiger partial charge in [0.2, 0.25) is 0 Å². The third-order valence-corrected chi connectivity index (χ3v) is 4.19. The highest BCUT2D eigenvalue weighted by Gasteiger charge is 2.71. The van der Waals surface area contributed by atoms with Gasteiger partial charge >= 0.3 is 18.3 Å². The molecule has 3 nitrogen and oxygen atoms in total. The molecule has 0 spiro atoms. The maximum absolute atomic E-state index is 13.4. The Labute approximate surface area is 169 Å². The maximum Gasteiger partial charge on any atom is 0.430 e. The van der Waals surface area contributed by atoms with Crippen molar-refractivity contribution in [1.82, 2.24) is 0 Å². The molecule has 0 heterocycles. The number of carbonyl (C=O) groups is 1. The molecular weight excluding hydrogens is 414 g/mol. The summed E-state index contributed by atoms with van der Waals surface area (Å²) >= 11 is 0. The number of aliphatic hydroxyl groups is 1. The van der Waals surface area contributed by atoms with Crippen LogP contribution in [-0.2, 0) is 10.3 Å². The van der Waals surface area contributed by atoms with Crippen LogP contribution in [0.25, 0.3) is 11.1 Å². The van der Waals surface area contributed by atoms with Crippen LogP contribution in [-0.4, -0.2) is 29.0 Å². The van der Waals surface area contributed by atoms with Crippen molar-refractivity contribution < 1.29 is 41.0 Å². The average molecular weight is 434 g/mol. The lowest BCUT2D eigenvalue weighted by Crippen LogP contribution is -2.54. The first-order valence-electron chi connectivity index (χ1n) is 8.77. The van der Waals surface area contributed by atoms with Gasteiger partial charge in [0.15, 0.2) is 0 Å². The largest absolute Gasteiger partial charge is 0.456 e. The highest BCUT2D eigenvalue weighted by atomic mass is 19.4. The minimum absolute atomic E-state index is 0.111. The summed E-state index contributed by atoms with van der Waals surface area (Å²) in [4.78, 5) is 12.4. The Bertz CT molecular complexity index is 908. The van der Waals surface area contributed by atoms with Crippen LogP contribution in [0, 0.1) is 6.92 Å². The lowest BCUT2D eigenvalue weighted by atomic mass is 9.88. The zero-order valence-electron chi connectivity index (χ0n) is 16.6. The van der Waals surface area contributed by atoms with Crippen molar-refractivity contribution in [3.05, 3.63) is 59.2 Å². The number of hydrogen-bond donors (Lipinski definition) is 1. The van der Waals surface area contributed by atoms with Crippen LogP contribution in [0.2, 0.25) is 0 Å². The predicted molar refractivity (Wildman–Crippen MR) is 97.8 cm³/mol. The molecule has 9 heteroatoms. The number of hydrogen-bond acceptors (Lipinski definition) is 3. The van der Waals surface area contributed by atoms with Gasteiger partial charge in [0.25, 0.3) is 5.60 Å². The van der Waals surface area contributed by atoms with Gasteiger partial charge in [0, 0.05) is 5.56 Å². The Hall–Kier alpha value is -2.55. The normalized spacial score (nSPS) is 13.3. The van der Waals surface area contributed by atoms with Crippen molar-refractivity contribution in [2.45, 2.75) is 51.2 Å². The predicted octanol–water partition coefficient (Wildman–Crippen LogP) is 5.93. The van der Waals surface area contributed by atoms with Crippen molar-refractivity contribution in [1.29, 1.82) is 0 Å². The molecule has 2 aromatic rings. The van der Waals surface area contributed by atoms with Crippen molar-refractivity contribution in [2.75, 3.05) is 0 Å². The second-order valence-electron chi connectivity index (χ2n) is 7.87. The number of esters is 1. The molecule has 164 valence electrons. The minimum Gasteiger partial charge on any atom is -0.456 e. The molecular formula is C21H20F6O3. The molecule has 0 bridgehead atoms. The van der Waals surface area contributed by atoms with Gasteiger partial charge in [0.05, 0.1) is 5.56 Å². The molecule has 1 N–H and O–H groups in total. The molecule has 0 aliphatic heterocycles. The molecule has 0 radical (unpaired) electrons. The summed E-state index contributed by atoms with van der Waals surface area (Å²) in [6.07, 6.45) is -12.2. The van der Waals surface area contributed by atoms with Crippen LogP contribution >= 0.6 is 0 Å². The molecule has 0 fully saturated rings. The number of ether oxygens (including phenoxy) is 1. The topological polar surface area (TPSA) is 46.5 Å². The highest BCUT2D eigenvalue weighted by Crippen LogP contribution is 2.50. The first kappa shape index (κ1) is 23.7. The first-order valence-corrected chi connectivity index (χ1v) is 8.77. The Morgan fingerprint density at radius 1 is 0.833 bits per heavy atom. The van der Waals surface area contributed by atoms with E-state index in [4.69, 9.17) is 4.74 Å². The number of rotatable bonds is 3. The monoisotopic (exact) mass is 434 g/mol. The Kier molecular flexibility index (Phi) is 6.02. The number of carbonyl (C=O) groups excluding carboxylic acids is 1. The molecule has 0 saturated carbocycles. The van der Waals surface area contributed by atoms with Gasteiger partial charge in [0.1, 0.15) is 5.60 Å². The molecule has 2 rings (SSSR count). The third-order valence-electron chi connectivity index (χ3n) is 4.19. The van der Waals surface area contributed by atoms with Crippen LogP contribution in [0.4, 0.5) is 26.3 Å². The second-order valence-corrected chi connectivity index (χ2v) is 7.87. The lowest BCUT2D eigenvalue weighted by Gasteiger charge is -2.33. The van der Waals surface area contributed by atoms with Crippen LogP contribution < -0.4 is 0 Å². The SMILES string of the molecule is Cc1ccc(-c2cc(C(=O)OC(C)(C)C)cc(C(O)(C(F)(F)F)C(F)(F)F)c2)cc1. The van der Waals surface area contributed by atoms with E-state index < -0.39 is 40.7 Å². The van der Waals surface area contributed by atoms with Gasteiger partial charge in [-0.15, -0.1) is 0 Å². The van der Waals surface area contributed by atoms with E-state index in [1.165, 1.54) is 32.9 Å². The summed E-state index contributed by atoms with van der Waals surface area (Å²) in [7, 11) is 0. The fraction of sp³-hybridized carbons (Fsp3) is 0.381. The van der Waals surface area contributed by atoms with Crippen LogP contribution in [0.3, 0.4) is 0 Å². The number of halogens is 6. The fourth-order valence-electron chi connectivity index (χ4n) is 2.69. The molecule has 0 saturated heterocycles. The van der Waals surface area contributed by atoms with Gasteiger partial charge in [-0.3, -0.25) is 0 Å². The molecule has 0 amide bonds. The van der Waals surface area contributed by atoms with E-state index in [-0.39, 0.29) is 11.1 Å². The van der Waals surface area contributed by atoms with E-state index in [2.05, 4.69) is 0 Å². The lowest BCUT2D eigenvalue weighted by molar-refractivity contribution is -0.376. The molecule has 0 atom stereocenters. The third kappa shape index (κ3) is 4.77. The highest BCUT2D eigenvalue weighted by molar-refractivity contribution is 5.92. The molecule has 30 heavy (non-hydrogen) atoms. The number of benzene rings is 2. The van der Waals surface area contributed by atoms with E-state index in [1.807, 2.05) is 0 Å². The number of aryl methyl sites for hydroxylation is 1. The summed E-state index contributed by atoms with van der Waals surface area (Å²) < 4.78 is 85.4. The van der Waals surface area contributed by atoms with E-state index in [1.54, 1.807) is 19.1 Å². The quantitative estimate of drug-likeness (QED) is 0.481. The average Bonchev–Trinajstić information content (AvgIpc) is 2.57. The molecule has 2 aromatic carbocycles. The van der Waals surface area contributed by atoms with E-state index in [0.29, 0.717) is 12.1 Å². The van der Waals surface area contributed by atoms with Crippen LogP contribution in [0.1, 0.15) is 42.3 Å². The summed E-state index contributed by atoms with van der Waals surface area (Å²) in [6, 6.07) is 8.21.